The maximum atomic E-state index is 13.5. The number of carbonyl (C=O) groups excluding carboxylic acids is 1. The second-order valence-electron chi connectivity index (χ2n) is 3.68. The van der Waals surface area contributed by atoms with Gasteiger partial charge in [-0.15, -0.1) is 0 Å². The first kappa shape index (κ1) is 13.0. The molecule has 0 saturated heterocycles. The zero-order chi connectivity index (χ0) is 13.8. The van der Waals surface area contributed by atoms with Gasteiger partial charge in [-0.25, -0.2) is 9.18 Å². The van der Waals surface area contributed by atoms with Crippen LogP contribution >= 0.6 is 0 Å². The zero-order valence-corrected chi connectivity index (χ0v) is 10.0. The Hall–Kier alpha value is -2.43. The van der Waals surface area contributed by atoms with Crippen molar-refractivity contribution in [3.05, 3.63) is 59.7 Å². The Morgan fingerprint density at radius 1 is 1.11 bits per heavy atom. The molecule has 0 heterocycles. The van der Waals surface area contributed by atoms with Crippen LogP contribution in [0.2, 0.25) is 0 Å². The molecule has 0 spiro atoms. The Labute approximate surface area is 108 Å². The van der Waals surface area contributed by atoms with Gasteiger partial charge in [-0.05, 0) is 12.1 Å². The van der Waals surface area contributed by atoms with Crippen LogP contribution in [-0.2, 0) is 0 Å². The third-order valence-corrected chi connectivity index (χ3v) is 2.42. The Morgan fingerprint density at radius 3 is 2.42 bits per heavy atom. The van der Waals surface area contributed by atoms with E-state index in [1.54, 1.807) is 18.2 Å². The fourth-order valence-corrected chi connectivity index (χ4v) is 1.47. The van der Waals surface area contributed by atoms with Gasteiger partial charge in [0.15, 0.2) is 11.6 Å². The summed E-state index contributed by atoms with van der Waals surface area (Å²) in [6.45, 7) is 0. The number of rotatable bonds is 3. The molecule has 0 aromatic heterocycles. The molecular formula is C14H10F2O3. The molecule has 0 radical (unpaired) electrons. The van der Waals surface area contributed by atoms with Gasteiger partial charge in [0.25, 0.3) is 0 Å². The van der Waals surface area contributed by atoms with Crippen molar-refractivity contribution in [2.45, 2.75) is 0 Å². The molecule has 0 aliphatic carbocycles. The first-order chi connectivity index (χ1) is 9.11. The number of esters is 1. The Kier molecular flexibility index (Phi) is 3.75. The molecule has 3 nitrogen and oxygen atoms in total. The lowest BCUT2D eigenvalue weighted by Gasteiger charge is -2.08. The monoisotopic (exact) mass is 264 g/mol. The molecular weight excluding hydrogens is 254 g/mol. The van der Waals surface area contributed by atoms with Crippen LogP contribution in [0.25, 0.3) is 0 Å². The smallest absolute Gasteiger partial charge is 0.343 e. The minimum Gasteiger partial charge on any atom is -0.497 e. The van der Waals surface area contributed by atoms with E-state index >= 15 is 0 Å². The van der Waals surface area contributed by atoms with Gasteiger partial charge in [0.05, 0.1) is 12.7 Å². The molecule has 0 N–H and O–H groups in total. The first-order valence-electron chi connectivity index (χ1n) is 5.42. The average Bonchev–Trinajstić information content (AvgIpc) is 2.44. The number of methoxy groups -OCH3 is 1. The number of hydrogen-bond donors (Lipinski definition) is 0. The van der Waals surface area contributed by atoms with Gasteiger partial charge in [-0.1, -0.05) is 18.2 Å². The molecule has 2 aromatic rings. The van der Waals surface area contributed by atoms with E-state index in [1.165, 1.54) is 19.2 Å². The highest BCUT2D eigenvalue weighted by Crippen LogP contribution is 2.27. The lowest BCUT2D eigenvalue weighted by Crippen LogP contribution is -2.10. The summed E-state index contributed by atoms with van der Waals surface area (Å²) in [7, 11) is 1.30. The molecule has 0 atom stereocenters. The number of benzene rings is 2. The maximum Gasteiger partial charge on any atom is 0.343 e. The van der Waals surface area contributed by atoms with E-state index in [9.17, 15) is 13.6 Å². The fourth-order valence-electron chi connectivity index (χ4n) is 1.47. The minimum absolute atomic E-state index is 0.0646. The maximum absolute atomic E-state index is 13.5. The quantitative estimate of drug-likeness (QED) is 0.631. The number of carbonyl (C=O) groups is 1. The normalized spacial score (nSPS) is 10.1. The number of ether oxygens (including phenoxy) is 2. The SMILES string of the molecule is COc1cc(F)c(F)c(OC(=O)c2ccccc2)c1. The fraction of sp³-hybridized carbons (Fsp3) is 0.0714. The van der Waals surface area contributed by atoms with Crippen molar-refractivity contribution in [2.24, 2.45) is 0 Å². The highest BCUT2D eigenvalue weighted by Gasteiger charge is 2.16. The van der Waals surface area contributed by atoms with Crippen molar-refractivity contribution in [1.29, 1.82) is 0 Å². The first-order valence-corrected chi connectivity index (χ1v) is 5.42. The van der Waals surface area contributed by atoms with Crippen molar-refractivity contribution >= 4 is 5.97 Å². The van der Waals surface area contributed by atoms with Crippen LogP contribution in [0.15, 0.2) is 42.5 Å². The summed E-state index contributed by atoms with van der Waals surface area (Å²) in [5, 5.41) is 0. The summed E-state index contributed by atoms with van der Waals surface area (Å²) in [5.74, 6) is -3.59. The standard InChI is InChI=1S/C14H10F2O3/c1-18-10-7-11(15)13(16)12(8-10)19-14(17)9-5-3-2-4-6-9/h2-8H,1H3. The second-order valence-corrected chi connectivity index (χ2v) is 3.68. The minimum atomic E-state index is -1.23. The Bertz CT molecular complexity index is 597. The van der Waals surface area contributed by atoms with Gasteiger partial charge in [-0.3, -0.25) is 0 Å². The largest absolute Gasteiger partial charge is 0.497 e. The third kappa shape index (κ3) is 2.88. The molecule has 5 heteroatoms. The molecule has 0 unspecified atom stereocenters. The highest BCUT2D eigenvalue weighted by molar-refractivity contribution is 5.91. The van der Waals surface area contributed by atoms with Crippen LogP contribution in [0.3, 0.4) is 0 Å². The zero-order valence-electron chi connectivity index (χ0n) is 10.0. The molecule has 19 heavy (non-hydrogen) atoms. The van der Waals surface area contributed by atoms with E-state index in [2.05, 4.69) is 0 Å². The summed E-state index contributed by atoms with van der Waals surface area (Å²) >= 11 is 0. The molecule has 98 valence electrons. The van der Waals surface area contributed by atoms with Crippen LogP contribution in [0, 0.1) is 11.6 Å². The van der Waals surface area contributed by atoms with E-state index in [0.717, 1.165) is 12.1 Å². The molecule has 0 fully saturated rings. The van der Waals surface area contributed by atoms with Crippen LogP contribution in [0.1, 0.15) is 10.4 Å². The summed E-state index contributed by atoms with van der Waals surface area (Å²) in [5.41, 5.74) is 0.241. The predicted octanol–water partition coefficient (Wildman–Crippen LogP) is 3.19. The molecule has 0 aliphatic rings. The van der Waals surface area contributed by atoms with E-state index < -0.39 is 23.4 Å². The summed E-state index contributed by atoms with van der Waals surface area (Å²) in [4.78, 5) is 11.7. The third-order valence-electron chi connectivity index (χ3n) is 2.42. The Balaban J connectivity index is 2.29. The van der Waals surface area contributed by atoms with Crippen LogP contribution in [0.5, 0.6) is 11.5 Å². The van der Waals surface area contributed by atoms with Gasteiger partial charge >= 0.3 is 5.97 Å². The summed E-state index contributed by atoms with van der Waals surface area (Å²) < 4.78 is 36.3. The number of halogens is 2. The van der Waals surface area contributed by atoms with Crippen molar-refractivity contribution in [3.63, 3.8) is 0 Å². The van der Waals surface area contributed by atoms with Gasteiger partial charge in [-0.2, -0.15) is 4.39 Å². The van der Waals surface area contributed by atoms with Gasteiger partial charge in [0.1, 0.15) is 5.75 Å². The topological polar surface area (TPSA) is 35.5 Å². The Morgan fingerprint density at radius 2 is 1.79 bits per heavy atom. The number of hydrogen-bond acceptors (Lipinski definition) is 3. The summed E-state index contributed by atoms with van der Waals surface area (Å²) in [6, 6.07) is 10.0. The highest BCUT2D eigenvalue weighted by atomic mass is 19.2. The molecule has 2 aromatic carbocycles. The predicted molar refractivity (Wildman–Crippen MR) is 64.3 cm³/mol. The molecule has 0 bridgehead atoms. The van der Waals surface area contributed by atoms with E-state index in [-0.39, 0.29) is 11.3 Å². The van der Waals surface area contributed by atoms with Crippen LogP contribution in [0.4, 0.5) is 8.78 Å². The van der Waals surface area contributed by atoms with E-state index in [1.807, 2.05) is 0 Å². The van der Waals surface area contributed by atoms with Crippen molar-refractivity contribution in [2.75, 3.05) is 7.11 Å². The lowest BCUT2D eigenvalue weighted by atomic mass is 10.2. The average molecular weight is 264 g/mol. The van der Waals surface area contributed by atoms with Crippen LogP contribution < -0.4 is 9.47 Å². The second kappa shape index (κ2) is 5.48. The van der Waals surface area contributed by atoms with Crippen LogP contribution in [-0.4, -0.2) is 13.1 Å². The van der Waals surface area contributed by atoms with E-state index in [0.29, 0.717) is 0 Å². The molecule has 0 saturated carbocycles. The van der Waals surface area contributed by atoms with Crippen molar-refractivity contribution < 1.29 is 23.0 Å². The molecule has 0 aliphatic heterocycles. The summed E-state index contributed by atoms with van der Waals surface area (Å²) in [6.07, 6.45) is 0. The van der Waals surface area contributed by atoms with Gasteiger partial charge in [0, 0.05) is 12.1 Å². The van der Waals surface area contributed by atoms with E-state index in [4.69, 9.17) is 9.47 Å². The molecule has 2 rings (SSSR count). The molecule has 0 amide bonds. The van der Waals surface area contributed by atoms with Crippen molar-refractivity contribution in [3.8, 4) is 11.5 Å². The van der Waals surface area contributed by atoms with Gasteiger partial charge in [0.2, 0.25) is 5.82 Å². The van der Waals surface area contributed by atoms with Gasteiger partial charge < -0.3 is 9.47 Å². The van der Waals surface area contributed by atoms with Crippen molar-refractivity contribution in [1.82, 2.24) is 0 Å². The lowest BCUT2D eigenvalue weighted by molar-refractivity contribution is 0.0726.